The van der Waals surface area contributed by atoms with Gasteiger partial charge in [0.15, 0.2) is 15.5 Å². The van der Waals surface area contributed by atoms with Gasteiger partial charge in [0.05, 0.1) is 10.5 Å². The highest BCUT2D eigenvalue weighted by atomic mass is 32.2. The van der Waals surface area contributed by atoms with Gasteiger partial charge >= 0.3 is 5.97 Å². The number of hydrogen-bond donors (Lipinski definition) is 2. The maximum Gasteiger partial charge on any atom is 0.335 e. The van der Waals surface area contributed by atoms with E-state index in [2.05, 4.69) is 15.4 Å². The lowest BCUT2D eigenvalue weighted by Gasteiger charge is -2.04. The SMILES string of the molecule is CS(=O)(=O)c1ccc(-c2cccn3nc(Nc4ccc(C(=O)O)cc4)nc23)cc1. The van der Waals surface area contributed by atoms with Gasteiger partial charge in [-0.15, -0.1) is 5.10 Å². The van der Waals surface area contributed by atoms with E-state index >= 15 is 0 Å². The molecule has 0 saturated heterocycles. The number of rotatable bonds is 5. The summed E-state index contributed by atoms with van der Waals surface area (Å²) in [6.45, 7) is 0. The van der Waals surface area contributed by atoms with Crippen molar-refractivity contribution in [3.8, 4) is 11.1 Å². The first-order valence-corrected chi connectivity index (χ1v) is 10.5. The van der Waals surface area contributed by atoms with Crippen molar-refractivity contribution in [3.05, 3.63) is 72.4 Å². The molecule has 0 fully saturated rings. The minimum atomic E-state index is -3.26. The van der Waals surface area contributed by atoms with Crippen molar-refractivity contribution in [1.82, 2.24) is 14.6 Å². The molecule has 0 atom stereocenters. The van der Waals surface area contributed by atoms with Crippen molar-refractivity contribution in [2.75, 3.05) is 11.6 Å². The van der Waals surface area contributed by atoms with Gasteiger partial charge in [-0.05, 0) is 54.1 Å². The van der Waals surface area contributed by atoms with Crippen LogP contribution in [0.3, 0.4) is 0 Å². The van der Waals surface area contributed by atoms with E-state index in [1.165, 1.54) is 18.4 Å². The van der Waals surface area contributed by atoms with Crippen molar-refractivity contribution in [3.63, 3.8) is 0 Å². The molecule has 0 bridgehead atoms. The molecule has 2 aromatic heterocycles. The molecule has 0 saturated carbocycles. The fourth-order valence-electron chi connectivity index (χ4n) is 2.89. The first-order valence-electron chi connectivity index (χ1n) is 8.57. The summed E-state index contributed by atoms with van der Waals surface area (Å²) in [5.41, 5.74) is 3.06. The van der Waals surface area contributed by atoms with Crippen LogP contribution >= 0.6 is 0 Å². The van der Waals surface area contributed by atoms with Crippen LogP contribution in [0.1, 0.15) is 10.4 Å². The first-order chi connectivity index (χ1) is 13.8. The molecule has 146 valence electrons. The summed E-state index contributed by atoms with van der Waals surface area (Å²) in [7, 11) is -3.26. The largest absolute Gasteiger partial charge is 0.478 e. The van der Waals surface area contributed by atoms with E-state index in [4.69, 9.17) is 5.11 Å². The number of pyridine rings is 1. The Morgan fingerprint density at radius 3 is 2.34 bits per heavy atom. The third-order valence-corrected chi connectivity index (χ3v) is 5.47. The van der Waals surface area contributed by atoms with E-state index in [1.807, 2.05) is 12.1 Å². The number of hydrogen-bond acceptors (Lipinski definition) is 6. The number of nitrogens with zero attached hydrogens (tertiary/aromatic N) is 3. The number of fused-ring (bicyclic) bond motifs is 1. The number of aromatic carboxylic acids is 1. The second-order valence-electron chi connectivity index (χ2n) is 6.43. The highest BCUT2D eigenvalue weighted by Crippen LogP contribution is 2.26. The van der Waals surface area contributed by atoms with Gasteiger partial charge in [0.1, 0.15) is 0 Å². The summed E-state index contributed by atoms with van der Waals surface area (Å²) in [4.78, 5) is 15.7. The highest BCUT2D eigenvalue weighted by Gasteiger charge is 2.12. The molecule has 0 aliphatic heterocycles. The van der Waals surface area contributed by atoms with Crippen LogP contribution < -0.4 is 5.32 Å². The summed E-state index contributed by atoms with van der Waals surface area (Å²) in [5, 5.41) is 16.4. The topological polar surface area (TPSA) is 114 Å². The summed E-state index contributed by atoms with van der Waals surface area (Å²) in [6, 6.07) is 16.6. The fourth-order valence-corrected chi connectivity index (χ4v) is 3.52. The molecule has 0 radical (unpaired) electrons. The van der Waals surface area contributed by atoms with Crippen molar-refractivity contribution < 1.29 is 18.3 Å². The molecular weight excluding hydrogens is 392 g/mol. The highest BCUT2D eigenvalue weighted by molar-refractivity contribution is 7.90. The Hall–Kier alpha value is -3.72. The zero-order valence-corrected chi connectivity index (χ0v) is 16.1. The minimum absolute atomic E-state index is 0.193. The van der Waals surface area contributed by atoms with Crippen molar-refractivity contribution in [2.24, 2.45) is 0 Å². The number of benzene rings is 2. The van der Waals surface area contributed by atoms with E-state index in [1.54, 1.807) is 47.1 Å². The van der Waals surface area contributed by atoms with Crippen LogP contribution in [0.4, 0.5) is 11.6 Å². The molecule has 0 aliphatic rings. The summed E-state index contributed by atoms with van der Waals surface area (Å²) >= 11 is 0. The third-order valence-electron chi connectivity index (χ3n) is 4.34. The summed E-state index contributed by atoms with van der Waals surface area (Å²) in [6.07, 6.45) is 2.93. The first kappa shape index (κ1) is 18.6. The molecule has 0 amide bonds. The molecule has 4 rings (SSSR count). The Kier molecular flexibility index (Phi) is 4.51. The average molecular weight is 408 g/mol. The van der Waals surface area contributed by atoms with Crippen molar-refractivity contribution in [2.45, 2.75) is 4.90 Å². The normalized spacial score (nSPS) is 11.5. The minimum Gasteiger partial charge on any atom is -0.478 e. The van der Waals surface area contributed by atoms with Crippen LogP contribution in [0.15, 0.2) is 71.8 Å². The van der Waals surface area contributed by atoms with Crippen LogP contribution in [-0.2, 0) is 9.84 Å². The molecule has 9 heteroatoms. The summed E-state index contributed by atoms with van der Waals surface area (Å²) in [5.74, 6) is -0.637. The van der Waals surface area contributed by atoms with Crippen LogP contribution in [0.25, 0.3) is 16.8 Å². The predicted molar refractivity (Wildman–Crippen MR) is 108 cm³/mol. The second-order valence-corrected chi connectivity index (χ2v) is 8.45. The Labute approximate surface area is 166 Å². The van der Waals surface area contributed by atoms with Crippen LogP contribution in [-0.4, -0.2) is 40.3 Å². The van der Waals surface area contributed by atoms with Crippen molar-refractivity contribution in [1.29, 1.82) is 0 Å². The Bertz CT molecular complexity index is 1310. The zero-order valence-electron chi connectivity index (χ0n) is 15.3. The molecular formula is C20H16N4O4S. The Morgan fingerprint density at radius 1 is 1.03 bits per heavy atom. The monoisotopic (exact) mass is 408 g/mol. The van der Waals surface area contributed by atoms with E-state index in [0.29, 0.717) is 17.3 Å². The Morgan fingerprint density at radius 2 is 1.72 bits per heavy atom. The fraction of sp³-hybridized carbons (Fsp3) is 0.0500. The van der Waals surface area contributed by atoms with Gasteiger partial charge in [0.2, 0.25) is 5.95 Å². The molecule has 29 heavy (non-hydrogen) atoms. The van der Waals surface area contributed by atoms with E-state index in [-0.39, 0.29) is 10.5 Å². The lowest BCUT2D eigenvalue weighted by Crippen LogP contribution is -1.97. The van der Waals surface area contributed by atoms with Gasteiger partial charge in [-0.2, -0.15) is 4.98 Å². The molecule has 2 N–H and O–H groups in total. The number of carbonyl (C=O) groups is 1. The lowest BCUT2D eigenvalue weighted by molar-refractivity contribution is 0.0697. The molecule has 0 aliphatic carbocycles. The van der Waals surface area contributed by atoms with Gasteiger partial charge in [-0.3, -0.25) is 0 Å². The van der Waals surface area contributed by atoms with E-state index in [0.717, 1.165) is 11.1 Å². The van der Waals surface area contributed by atoms with Gasteiger partial charge < -0.3 is 10.4 Å². The van der Waals surface area contributed by atoms with Gasteiger partial charge in [0.25, 0.3) is 0 Å². The number of nitrogens with one attached hydrogen (secondary N) is 1. The molecule has 0 spiro atoms. The molecule has 8 nitrogen and oxygen atoms in total. The van der Waals surface area contributed by atoms with E-state index in [9.17, 15) is 13.2 Å². The average Bonchev–Trinajstić information content (AvgIpc) is 3.10. The van der Waals surface area contributed by atoms with E-state index < -0.39 is 15.8 Å². The predicted octanol–water partition coefficient (Wildman–Crippen LogP) is 3.24. The van der Waals surface area contributed by atoms with Gasteiger partial charge in [-0.25, -0.2) is 17.7 Å². The lowest BCUT2D eigenvalue weighted by atomic mass is 10.1. The summed E-state index contributed by atoms with van der Waals surface area (Å²) < 4.78 is 24.9. The number of anilines is 2. The molecule has 2 aromatic carbocycles. The maximum absolute atomic E-state index is 11.7. The molecule has 0 unspecified atom stereocenters. The maximum atomic E-state index is 11.7. The number of carboxylic acid groups (broad SMARTS) is 1. The van der Waals surface area contributed by atoms with Gasteiger partial charge in [0, 0.05) is 23.7 Å². The van der Waals surface area contributed by atoms with Crippen molar-refractivity contribution >= 4 is 33.1 Å². The standard InChI is InChI=1S/C20H16N4O4S/c1-29(27,28)16-10-6-13(7-11-16)17-3-2-12-24-18(17)22-20(23-24)21-15-8-4-14(5-9-15)19(25)26/h2-12H,1H3,(H,21,23)(H,25,26). The smallest absolute Gasteiger partial charge is 0.335 e. The molecule has 4 aromatic rings. The number of sulfone groups is 1. The number of carboxylic acids is 1. The third kappa shape index (κ3) is 3.81. The van der Waals surface area contributed by atoms with Crippen LogP contribution in [0, 0.1) is 0 Å². The van der Waals surface area contributed by atoms with Gasteiger partial charge in [-0.1, -0.05) is 12.1 Å². The van der Waals surface area contributed by atoms with Crippen LogP contribution in [0.2, 0.25) is 0 Å². The quantitative estimate of drug-likeness (QED) is 0.521. The molecule has 2 heterocycles. The second kappa shape index (κ2) is 7.02. The van der Waals surface area contributed by atoms with Crippen LogP contribution in [0.5, 0.6) is 0 Å². The Balaban J connectivity index is 1.67. The zero-order chi connectivity index (χ0) is 20.6. The number of aromatic nitrogens is 3.